The van der Waals surface area contributed by atoms with Crippen molar-refractivity contribution < 1.29 is 71.1 Å². The molecule has 0 unspecified atom stereocenters. The maximum absolute atomic E-state index is 12.3. The number of aromatic carboxylic acids is 1. The van der Waals surface area contributed by atoms with Gasteiger partial charge in [0, 0.05) is 35.6 Å². The van der Waals surface area contributed by atoms with Crippen molar-refractivity contribution in [3.05, 3.63) is 148 Å². The Kier molecular flexibility index (Phi) is 18.2. The predicted molar refractivity (Wildman–Crippen MR) is 284 cm³/mol. The molecule has 3 aromatic heterocycles. The molecule has 1 saturated heterocycles. The highest BCUT2D eigenvalue weighted by Gasteiger charge is 2.54. The molecule has 3 atom stereocenters. The number of aromatic hydroxyl groups is 1. The number of nitrogens with one attached hydrogen (secondary N) is 2. The molecule has 27 nitrogen and oxygen atoms in total. The molecular weight excluding hydrogens is 1100 g/mol. The lowest BCUT2D eigenvalue weighted by molar-refractivity contribution is -0.150. The van der Waals surface area contributed by atoms with Crippen molar-refractivity contribution in [2.45, 2.75) is 38.4 Å². The van der Waals surface area contributed by atoms with Crippen LogP contribution in [0.25, 0.3) is 10.9 Å². The molecule has 15 N–H and O–H groups in total. The van der Waals surface area contributed by atoms with E-state index in [1.807, 2.05) is 0 Å². The number of nitrogen functional groups attached to an aromatic ring is 3. The van der Waals surface area contributed by atoms with Gasteiger partial charge in [-0.15, -0.1) is 11.8 Å². The van der Waals surface area contributed by atoms with E-state index >= 15 is 0 Å². The molecule has 7 aromatic rings. The third kappa shape index (κ3) is 13.0. The number of anilines is 4. The number of aliphatic carboxylic acids is 1. The number of aromatic nitrogens is 4. The van der Waals surface area contributed by atoms with Gasteiger partial charge in [-0.2, -0.15) is 4.73 Å². The number of sulfonamides is 1. The quantitative estimate of drug-likeness (QED) is 0.0659. The number of pyridine rings is 1. The summed E-state index contributed by atoms with van der Waals surface area (Å²) in [6.45, 7) is 1.74. The van der Waals surface area contributed by atoms with Crippen LogP contribution in [0.1, 0.15) is 28.9 Å². The van der Waals surface area contributed by atoms with Crippen molar-refractivity contribution in [3.63, 3.8) is 0 Å². The van der Waals surface area contributed by atoms with Gasteiger partial charge in [0.05, 0.1) is 33.1 Å². The zero-order valence-corrected chi connectivity index (χ0v) is 43.8. The molecule has 3 aliphatic heterocycles. The number of carboxylic acid groups (broad SMARTS) is 2. The van der Waals surface area contributed by atoms with E-state index in [0.717, 1.165) is 17.5 Å². The summed E-state index contributed by atoms with van der Waals surface area (Å²) < 4.78 is 61.8. The van der Waals surface area contributed by atoms with Crippen molar-refractivity contribution >= 4 is 100 Å². The molecule has 0 spiro atoms. The average molecular weight is 1150 g/mol. The third-order valence-electron chi connectivity index (χ3n) is 11.0. The van der Waals surface area contributed by atoms with Crippen LogP contribution in [0.2, 0.25) is 0 Å². The van der Waals surface area contributed by atoms with Crippen LogP contribution >= 0.6 is 23.1 Å². The second kappa shape index (κ2) is 24.3. The van der Waals surface area contributed by atoms with Gasteiger partial charge in [0.1, 0.15) is 45.8 Å². The van der Waals surface area contributed by atoms with Gasteiger partial charge in [-0.1, -0.05) is 23.5 Å². The number of carbonyl (C=O) groups excluding carboxylic acids is 2. The molecular formula is C47H47N11O16S4. The van der Waals surface area contributed by atoms with Crippen molar-refractivity contribution in [2.75, 3.05) is 41.6 Å². The number of phenolic OH excluding ortho intramolecular Hbond substituents is 1. The summed E-state index contributed by atoms with van der Waals surface area (Å²) in [7, 11) is -5.80. The fraction of sp³-hybridized carbons (Fsp3) is 0.149. The van der Waals surface area contributed by atoms with E-state index < -0.39 is 66.5 Å². The van der Waals surface area contributed by atoms with E-state index in [1.54, 1.807) is 19.1 Å². The molecule has 31 heteroatoms. The monoisotopic (exact) mass is 1150 g/mol. The zero-order chi connectivity index (χ0) is 55.9. The number of hydrogen-bond donors (Lipinski definition) is 9. The van der Waals surface area contributed by atoms with Gasteiger partial charge in [-0.05, 0) is 90.9 Å². The van der Waals surface area contributed by atoms with Crippen molar-refractivity contribution in [1.82, 2.24) is 29.9 Å². The fourth-order valence-electron chi connectivity index (χ4n) is 7.18. The average Bonchev–Trinajstić information content (AvgIpc) is 4.17. The van der Waals surface area contributed by atoms with Gasteiger partial charge in [-0.25, -0.2) is 46.1 Å². The van der Waals surface area contributed by atoms with E-state index in [-0.39, 0.29) is 59.7 Å². The first-order chi connectivity index (χ1) is 36.5. The minimum Gasteiger partial charge on any atom is -0.508 e. The first-order valence-corrected chi connectivity index (χ1v) is 26.8. The van der Waals surface area contributed by atoms with Crippen molar-refractivity contribution in [2.24, 2.45) is 5.73 Å². The summed E-state index contributed by atoms with van der Waals surface area (Å²) in [5.74, 6) is -1.99. The van der Waals surface area contributed by atoms with Gasteiger partial charge in [0.25, 0.3) is 15.9 Å². The molecule has 0 aliphatic carbocycles. The number of rotatable bonds is 11. The Labute approximate surface area is 450 Å². The second-order valence-electron chi connectivity index (χ2n) is 16.1. The Bertz CT molecular complexity index is 3700. The lowest BCUT2D eigenvalue weighted by atomic mass is 10.0. The summed E-state index contributed by atoms with van der Waals surface area (Å²) in [6.07, 6.45) is 5.29. The highest BCUT2D eigenvalue weighted by molar-refractivity contribution is 8.00. The van der Waals surface area contributed by atoms with Crippen molar-refractivity contribution in [1.29, 1.82) is 0 Å². The molecule has 4 aromatic carbocycles. The number of ether oxygens (including phenoxy) is 2. The number of nitrogens with two attached hydrogens (primary N) is 4. The zero-order valence-electron chi connectivity index (χ0n) is 40.5. The Morgan fingerprint density at radius 1 is 0.846 bits per heavy atom. The SMILES string of the molecule is CC1=C(C(=O)O)N2C(=O)[C@@H](NC(=O)[C@H](N)c3ccc(O)cc3)[C@H]2SC1.COn1cc(C(=O)O)c(=O)c2cc3c(cc21)OCO3.Nc1ccc(S(=O)(=O)Nc2ncccn2)cc1.Nc1ccc(S(=O)(=O)c2cnc(N)s2)cc1.O. The Hall–Kier alpha value is -9.01. The van der Waals surface area contributed by atoms with Gasteiger partial charge in [0.15, 0.2) is 16.6 Å². The van der Waals surface area contributed by atoms with E-state index in [1.165, 1.54) is 126 Å². The molecule has 0 radical (unpaired) electrons. The number of fused-ring (bicyclic) bond motifs is 3. The summed E-state index contributed by atoms with van der Waals surface area (Å²) in [5.41, 5.74) is 23.9. The molecule has 6 heterocycles. The molecule has 2 amide bonds. The van der Waals surface area contributed by atoms with Crippen LogP contribution in [0.5, 0.6) is 17.2 Å². The van der Waals surface area contributed by atoms with E-state index in [9.17, 15) is 51.0 Å². The number of amides is 2. The number of benzene rings is 4. The first-order valence-electron chi connectivity index (χ1n) is 22.0. The third-order valence-corrected chi connectivity index (χ3v) is 16.8. The lowest BCUT2D eigenvalue weighted by Crippen LogP contribution is -2.71. The van der Waals surface area contributed by atoms with Crippen LogP contribution < -0.4 is 52.7 Å². The maximum Gasteiger partial charge on any atom is 0.352 e. The van der Waals surface area contributed by atoms with Crippen LogP contribution in [0.15, 0.2) is 146 Å². The number of phenols is 1. The van der Waals surface area contributed by atoms with Gasteiger partial charge >= 0.3 is 11.9 Å². The van der Waals surface area contributed by atoms with Crippen LogP contribution in [0.4, 0.5) is 22.5 Å². The number of thioether (sulfide) groups is 1. The number of carbonyl (C=O) groups is 4. The minimum atomic E-state index is -3.66. The first kappa shape index (κ1) is 58.3. The smallest absolute Gasteiger partial charge is 0.352 e. The highest BCUT2D eigenvalue weighted by atomic mass is 32.2. The van der Waals surface area contributed by atoms with E-state index in [4.69, 9.17) is 42.4 Å². The molecule has 3 aliphatic rings. The summed E-state index contributed by atoms with van der Waals surface area (Å²) in [5, 5.41) is 30.2. The summed E-state index contributed by atoms with van der Waals surface area (Å²) >= 11 is 2.34. The van der Waals surface area contributed by atoms with Crippen LogP contribution in [0.3, 0.4) is 0 Å². The number of nitrogens with zero attached hydrogens (tertiary/aromatic N) is 5. The van der Waals surface area contributed by atoms with Gasteiger partial charge < -0.3 is 63.4 Å². The van der Waals surface area contributed by atoms with Crippen LogP contribution in [-0.4, -0.2) is 117 Å². The minimum absolute atomic E-state index is 0. The van der Waals surface area contributed by atoms with Gasteiger partial charge in [-0.3, -0.25) is 19.3 Å². The Morgan fingerprint density at radius 3 is 1.99 bits per heavy atom. The summed E-state index contributed by atoms with van der Waals surface area (Å²) in [4.78, 5) is 77.0. The Balaban J connectivity index is 0.000000170. The topological polar surface area (TPSA) is 448 Å². The van der Waals surface area contributed by atoms with Gasteiger partial charge in [0.2, 0.25) is 33.9 Å². The molecule has 1 fully saturated rings. The standard InChI is InChI=1S/C16H17N3O5S.C12H9NO6.C10H10N4O2S.C9H9N3O2S2.H2O/c1-7-6-25-15-11(14(22)19(15)12(7)16(23)24)18-13(21)10(17)8-2-4-9(20)5-3-8;1-17-13-4-7(12(15)16)11(14)6-2-9-10(3-8(6)13)19-5-18-9;11-8-2-4-9(5-3-8)17(15,16)14-10-12-6-1-7-13-10;10-6-1-3-7(4-2-6)16(13,14)8-5-12-9(11)15-8;/h2-5,10-11,15,20H,6,17H2,1H3,(H,18,21)(H,23,24);2-4H,5H2,1H3,(H,15,16);1-7H,11H2,(H,12,13,14);1-5H,10H2,(H2,11,12);1H2/t10-,11-,15-;;;;/m1..../s1. The largest absolute Gasteiger partial charge is 0.508 e. The molecule has 78 heavy (non-hydrogen) atoms. The predicted octanol–water partition coefficient (Wildman–Crippen LogP) is 1.81. The fourth-order valence-corrected chi connectivity index (χ4v) is 11.7. The Morgan fingerprint density at radius 2 is 1.44 bits per heavy atom. The number of sulfone groups is 1. The maximum atomic E-state index is 12.3. The van der Waals surface area contributed by atoms with Crippen LogP contribution in [-0.2, 0) is 34.2 Å². The molecule has 10 rings (SSSR count). The highest BCUT2D eigenvalue weighted by Crippen LogP contribution is 2.40. The summed E-state index contributed by atoms with van der Waals surface area (Å²) in [6, 6.07) is 20.6. The molecule has 0 saturated carbocycles. The molecule has 0 bridgehead atoms. The van der Waals surface area contributed by atoms with Crippen molar-refractivity contribution in [3.8, 4) is 17.2 Å². The molecule has 410 valence electrons. The number of carboxylic acids is 2. The number of hydrogen-bond acceptors (Lipinski definition) is 22. The normalized spacial score (nSPS) is 15.4. The second-order valence-corrected chi connectivity index (χ2v) is 22.2. The van der Waals surface area contributed by atoms with E-state index in [2.05, 4.69) is 25.0 Å². The lowest BCUT2D eigenvalue weighted by Gasteiger charge is -2.49. The number of thiazole rings is 1. The van der Waals surface area contributed by atoms with E-state index in [0.29, 0.717) is 45.3 Å². The van der Waals surface area contributed by atoms with Crippen LogP contribution in [0, 0.1) is 0 Å². The number of β-lactam (4-membered cyclic amide) rings is 1.